The Morgan fingerprint density at radius 1 is 1.53 bits per heavy atom. The second-order valence-electron chi connectivity index (χ2n) is 5.67. The summed E-state index contributed by atoms with van der Waals surface area (Å²) in [6.45, 7) is 9.24. The Labute approximate surface area is 108 Å². The first-order valence-corrected chi connectivity index (χ1v) is 7.19. The minimum atomic E-state index is 0.155. The molecule has 1 aliphatic heterocycles. The van der Waals surface area contributed by atoms with Crippen LogP contribution in [0.3, 0.4) is 0 Å². The zero-order valence-corrected chi connectivity index (χ0v) is 11.8. The third-order valence-corrected chi connectivity index (χ3v) is 3.87. The lowest BCUT2D eigenvalue weighted by molar-refractivity contribution is 0.0699. The van der Waals surface area contributed by atoms with E-state index in [-0.39, 0.29) is 5.41 Å². The molecular weight excluding hydrogens is 232 g/mol. The molecule has 0 radical (unpaired) electrons. The van der Waals surface area contributed by atoms with Crippen molar-refractivity contribution in [1.29, 1.82) is 0 Å². The molecule has 1 aliphatic rings. The predicted octanol–water partition coefficient (Wildman–Crippen LogP) is 2.71. The molecule has 1 unspecified atom stereocenters. The maximum Gasteiger partial charge on any atom is 0.107 e. The van der Waals surface area contributed by atoms with E-state index >= 15 is 0 Å². The van der Waals surface area contributed by atoms with Crippen molar-refractivity contribution in [1.82, 2.24) is 10.3 Å². The van der Waals surface area contributed by atoms with Crippen LogP contribution in [-0.2, 0) is 16.7 Å². The highest BCUT2D eigenvalue weighted by molar-refractivity contribution is 7.09. The molecule has 0 aromatic carbocycles. The van der Waals surface area contributed by atoms with Crippen LogP contribution >= 0.6 is 11.3 Å². The molecule has 1 saturated heterocycles. The average molecular weight is 254 g/mol. The molecule has 2 heterocycles. The van der Waals surface area contributed by atoms with Crippen molar-refractivity contribution in [3.63, 3.8) is 0 Å². The van der Waals surface area contributed by atoms with Crippen molar-refractivity contribution in [2.24, 2.45) is 0 Å². The van der Waals surface area contributed by atoms with Gasteiger partial charge < -0.3 is 10.1 Å². The summed E-state index contributed by atoms with van der Waals surface area (Å²) in [4.78, 5) is 4.68. The third kappa shape index (κ3) is 3.76. The Hall–Kier alpha value is -0.450. The normalized spacial score (nSPS) is 21.7. The largest absolute Gasteiger partial charge is 0.380 e. The van der Waals surface area contributed by atoms with Gasteiger partial charge in [0.1, 0.15) is 5.01 Å². The second-order valence-corrected chi connectivity index (χ2v) is 6.61. The molecular formula is C13H22N2OS. The summed E-state index contributed by atoms with van der Waals surface area (Å²) < 4.78 is 5.45. The Balaban J connectivity index is 1.84. The number of aromatic nitrogens is 1. The number of rotatable bonds is 3. The molecule has 0 spiro atoms. The Kier molecular flexibility index (Phi) is 4.17. The van der Waals surface area contributed by atoms with Crippen LogP contribution in [0.2, 0.25) is 0 Å². The van der Waals surface area contributed by atoms with Crippen molar-refractivity contribution in [2.75, 3.05) is 13.2 Å². The SMILES string of the molecule is CC(C)(C)c1csc(CNC2CCCOC2)n1. The highest BCUT2D eigenvalue weighted by Crippen LogP contribution is 2.23. The molecule has 0 saturated carbocycles. The van der Waals surface area contributed by atoms with Crippen LogP contribution in [0.25, 0.3) is 0 Å². The van der Waals surface area contributed by atoms with E-state index in [0.29, 0.717) is 6.04 Å². The fourth-order valence-corrected chi connectivity index (χ4v) is 2.84. The molecule has 1 aromatic rings. The summed E-state index contributed by atoms with van der Waals surface area (Å²) in [5.41, 5.74) is 1.35. The van der Waals surface area contributed by atoms with Crippen molar-refractivity contribution >= 4 is 11.3 Å². The molecule has 2 rings (SSSR count). The molecule has 3 nitrogen and oxygen atoms in total. The summed E-state index contributed by atoms with van der Waals surface area (Å²) in [5.74, 6) is 0. The molecule has 1 fully saturated rings. The van der Waals surface area contributed by atoms with Crippen LogP contribution in [0.15, 0.2) is 5.38 Å². The highest BCUT2D eigenvalue weighted by atomic mass is 32.1. The predicted molar refractivity (Wildman–Crippen MR) is 71.5 cm³/mol. The molecule has 1 N–H and O–H groups in total. The smallest absolute Gasteiger partial charge is 0.107 e. The summed E-state index contributed by atoms with van der Waals surface area (Å²) in [6, 6.07) is 0.505. The van der Waals surface area contributed by atoms with Gasteiger partial charge in [-0.2, -0.15) is 0 Å². The van der Waals surface area contributed by atoms with Crippen LogP contribution < -0.4 is 5.32 Å². The van der Waals surface area contributed by atoms with Gasteiger partial charge in [-0.25, -0.2) is 4.98 Å². The third-order valence-electron chi connectivity index (χ3n) is 3.02. The summed E-state index contributed by atoms with van der Waals surface area (Å²) >= 11 is 1.75. The number of hydrogen-bond donors (Lipinski definition) is 1. The van der Waals surface area contributed by atoms with Gasteiger partial charge in [-0.05, 0) is 12.8 Å². The van der Waals surface area contributed by atoms with Crippen molar-refractivity contribution in [3.8, 4) is 0 Å². The number of hydrogen-bond acceptors (Lipinski definition) is 4. The lowest BCUT2D eigenvalue weighted by Crippen LogP contribution is -2.36. The van der Waals surface area contributed by atoms with Gasteiger partial charge in [0.15, 0.2) is 0 Å². The molecule has 96 valence electrons. The molecule has 0 amide bonds. The second kappa shape index (κ2) is 5.46. The minimum Gasteiger partial charge on any atom is -0.380 e. The molecule has 4 heteroatoms. The van der Waals surface area contributed by atoms with Gasteiger partial charge in [0.2, 0.25) is 0 Å². The summed E-state index contributed by atoms with van der Waals surface area (Å²) in [5, 5.41) is 6.88. The van der Waals surface area contributed by atoms with E-state index in [9.17, 15) is 0 Å². The van der Waals surface area contributed by atoms with Gasteiger partial charge in [-0.15, -0.1) is 11.3 Å². The van der Waals surface area contributed by atoms with Crippen LogP contribution in [0, 0.1) is 0 Å². The monoisotopic (exact) mass is 254 g/mol. The standard InChI is InChI=1S/C13H22N2OS/c1-13(2,3)11-9-17-12(15-11)7-14-10-5-4-6-16-8-10/h9-10,14H,4-8H2,1-3H3. The minimum absolute atomic E-state index is 0.155. The van der Waals surface area contributed by atoms with Crippen molar-refractivity contribution in [3.05, 3.63) is 16.1 Å². The van der Waals surface area contributed by atoms with E-state index in [1.807, 2.05) is 0 Å². The fraction of sp³-hybridized carbons (Fsp3) is 0.769. The highest BCUT2D eigenvalue weighted by Gasteiger charge is 2.18. The first kappa shape index (κ1) is 13.0. The van der Waals surface area contributed by atoms with Gasteiger partial charge in [0.25, 0.3) is 0 Å². The molecule has 0 bridgehead atoms. The van der Waals surface area contributed by atoms with E-state index in [4.69, 9.17) is 4.74 Å². The Morgan fingerprint density at radius 3 is 2.94 bits per heavy atom. The van der Waals surface area contributed by atoms with Gasteiger partial charge in [0, 0.05) is 30.0 Å². The van der Waals surface area contributed by atoms with E-state index in [1.54, 1.807) is 11.3 Å². The van der Waals surface area contributed by atoms with Crippen LogP contribution in [0.4, 0.5) is 0 Å². The molecule has 1 atom stereocenters. The summed E-state index contributed by atoms with van der Waals surface area (Å²) in [6.07, 6.45) is 2.39. The zero-order chi connectivity index (χ0) is 12.3. The van der Waals surface area contributed by atoms with E-state index in [2.05, 4.69) is 36.5 Å². The first-order valence-electron chi connectivity index (χ1n) is 6.32. The topological polar surface area (TPSA) is 34.1 Å². The maximum atomic E-state index is 5.45. The van der Waals surface area contributed by atoms with Gasteiger partial charge in [0.05, 0.1) is 12.3 Å². The fourth-order valence-electron chi connectivity index (χ4n) is 1.87. The average Bonchev–Trinajstić information content (AvgIpc) is 2.76. The molecule has 0 aliphatic carbocycles. The Bertz CT molecular complexity index is 351. The van der Waals surface area contributed by atoms with Crippen molar-refractivity contribution in [2.45, 2.75) is 51.6 Å². The lowest BCUT2D eigenvalue weighted by Gasteiger charge is -2.22. The lowest BCUT2D eigenvalue weighted by atomic mass is 9.93. The number of thiazole rings is 1. The quantitative estimate of drug-likeness (QED) is 0.900. The van der Waals surface area contributed by atoms with E-state index in [1.165, 1.54) is 23.5 Å². The van der Waals surface area contributed by atoms with Crippen LogP contribution in [-0.4, -0.2) is 24.2 Å². The zero-order valence-electron chi connectivity index (χ0n) is 11.0. The van der Waals surface area contributed by atoms with Crippen LogP contribution in [0.1, 0.15) is 44.3 Å². The van der Waals surface area contributed by atoms with Gasteiger partial charge >= 0.3 is 0 Å². The van der Waals surface area contributed by atoms with E-state index in [0.717, 1.165) is 19.8 Å². The van der Waals surface area contributed by atoms with Crippen molar-refractivity contribution < 1.29 is 4.74 Å². The molecule has 17 heavy (non-hydrogen) atoms. The van der Waals surface area contributed by atoms with Gasteiger partial charge in [-0.3, -0.25) is 0 Å². The summed E-state index contributed by atoms with van der Waals surface area (Å²) in [7, 11) is 0. The number of ether oxygens (including phenoxy) is 1. The number of nitrogens with one attached hydrogen (secondary N) is 1. The first-order chi connectivity index (χ1) is 8.05. The number of nitrogens with zero attached hydrogens (tertiary/aromatic N) is 1. The maximum absolute atomic E-state index is 5.45. The Morgan fingerprint density at radius 2 is 2.35 bits per heavy atom. The van der Waals surface area contributed by atoms with Crippen LogP contribution in [0.5, 0.6) is 0 Å². The van der Waals surface area contributed by atoms with E-state index < -0.39 is 0 Å². The van der Waals surface area contributed by atoms with Gasteiger partial charge in [-0.1, -0.05) is 20.8 Å². The molecule has 1 aromatic heterocycles.